The highest BCUT2D eigenvalue weighted by Crippen LogP contribution is 2.42. The van der Waals surface area contributed by atoms with Crippen LogP contribution >= 0.6 is 7.82 Å². The van der Waals surface area contributed by atoms with E-state index in [0.29, 0.717) is 6.42 Å². The van der Waals surface area contributed by atoms with Crippen LogP contribution in [0.5, 0.6) is 0 Å². The zero-order valence-corrected chi connectivity index (χ0v) is 29.7. The molecule has 0 heterocycles. The summed E-state index contributed by atoms with van der Waals surface area (Å²) in [6.07, 6.45) is 30.1. The first-order chi connectivity index (χ1) is 21.8. The van der Waals surface area contributed by atoms with Gasteiger partial charge >= 0.3 is 13.8 Å². The highest BCUT2D eigenvalue weighted by molar-refractivity contribution is 7.47. The molecule has 0 aromatic heterocycles. The van der Waals surface area contributed by atoms with Gasteiger partial charge in [-0.2, -0.15) is 0 Å². The number of allylic oxidation sites excluding steroid dienone is 2. The monoisotopic (exact) mass is 661 g/mol. The van der Waals surface area contributed by atoms with Gasteiger partial charge in [-0.15, -0.1) is 0 Å². The minimum absolute atomic E-state index is 0.0837. The van der Waals surface area contributed by atoms with Gasteiger partial charge in [0, 0.05) is 19.4 Å². The number of carbonyl (C=O) groups excluding carboxylic acids is 2. The second-order valence-corrected chi connectivity index (χ2v) is 13.7. The minimum Gasteiger partial charge on any atom is -0.463 e. The van der Waals surface area contributed by atoms with E-state index in [-0.39, 0.29) is 32.1 Å². The van der Waals surface area contributed by atoms with Crippen molar-refractivity contribution in [1.29, 1.82) is 0 Å². The number of nitrogens with one attached hydrogen (secondary N) is 1. The van der Waals surface area contributed by atoms with Crippen molar-refractivity contribution in [2.45, 2.75) is 174 Å². The first-order valence-electron chi connectivity index (χ1n) is 18.2. The van der Waals surface area contributed by atoms with Crippen LogP contribution in [0.25, 0.3) is 0 Å². The van der Waals surface area contributed by atoms with Crippen LogP contribution in [0.3, 0.4) is 0 Å². The van der Waals surface area contributed by atoms with Gasteiger partial charge in [-0.1, -0.05) is 129 Å². The van der Waals surface area contributed by atoms with E-state index in [2.05, 4.69) is 31.3 Å². The Morgan fingerprint density at radius 3 is 1.67 bits per heavy atom. The summed E-state index contributed by atoms with van der Waals surface area (Å²) in [4.78, 5) is 33.5. The number of aliphatic hydroxyl groups excluding tert-OH is 1. The Labute approximate surface area is 275 Å². The summed E-state index contributed by atoms with van der Waals surface area (Å²) in [5, 5.41) is 12.6. The number of esters is 1. The number of ether oxygens (including phenoxy) is 1. The average molecular weight is 662 g/mol. The number of carbonyl (C=O) groups is 2. The van der Waals surface area contributed by atoms with E-state index >= 15 is 0 Å². The van der Waals surface area contributed by atoms with Gasteiger partial charge in [0.15, 0.2) is 0 Å². The highest BCUT2D eigenvalue weighted by Gasteiger charge is 2.23. The van der Waals surface area contributed by atoms with Gasteiger partial charge in [-0.25, -0.2) is 4.57 Å². The Morgan fingerprint density at radius 2 is 1.13 bits per heavy atom. The lowest BCUT2D eigenvalue weighted by Crippen LogP contribution is -2.27. The van der Waals surface area contributed by atoms with Crippen LogP contribution in [0.15, 0.2) is 12.2 Å². The molecule has 9 nitrogen and oxygen atoms in total. The Kier molecular flexibility index (Phi) is 31.8. The number of unbranched alkanes of at least 4 members (excludes halogenated alkanes) is 19. The third-order valence-corrected chi connectivity index (χ3v) is 8.68. The first kappa shape index (κ1) is 43.8. The maximum Gasteiger partial charge on any atom is 0.472 e. The van der Waals surface area contributed by atoms with Crippen molar-refractivity contribution >= 4 is 19.7 Å². The normalized spacial score (nSPS) is 13.6. The van der Waals surface area contributed by atoms with Crippen molar-refractivity contribution in [2.24, 2.45) is 0 Å². The third-order valence-electron chi connectivity index (χ3n) is 7.70. The van der Waals surface area contributed by atoms with Crippen LogP contribution in [0, 0.1) is 0 Å². The average Bonchev–Trinajstić information content (AvgIpc) is 3.02. The van der Waals surface area contributed by atoms with Crippen LogP contribution < -0.4 is 5.32 Å². The molecule has 10 heteroatoms. The van der Waals surface area contributed by atoms with Crippen molar-refractivity contribution in [3.63, 3.8) is 0 Å². The van der Waals surface area contributed by atoms with Gasteiger partial charge in [-0.3, -0.25) is 18.6 Å². The van der Waals surface area contributed by atoms with Gasteiger partial charge in [0.25, 0.3) is 0 Å². The Morgan fingerprint density at radius 1 is 0.667 bits per heavy atom. The molecular weight excluding hydrogens is 593 g/mol. The van der Waals surface area contributed by atoms with E-state index in [9.17, 15) is 24.2 Å². The lowest BCUT2D eigenvalue weighted by Gasteiger charge is -2.15. The summed E-state index contributed by atoms with van der Waals surface area (Å²) in [5.41, 5.74) is 0. The number of aliphatic hydroxyl groups is 1. The molecule has 1 amide bonds. The van der Waals surface area contributed by atoms with Crippen molar-refractivity contribution in [3.8, 4) is 0 Å². The molecule has 0 saturated heterocycles. The van der Waals surface area contributed by atoms with Crippen molar-refractivity contribution in [1.82, 2.24) is 5.32 Å². The lowest BCUT2D eigenvalue weighted by atomic mass is 10.1. The molecule has 0 aliphatic carbocycles. The molecular formula is C35H68NO8P. The second-order valence-electron chi connectivity index (χ2n) is 12.2. The molecule has 2 atom stereocenters. The van der Waals surface area contributed by atoms with Gasteiger partial charge in [-0.05, 0) is 38.5 Å². The lowest BCUT2D eigenvalue weighted by molar-refractivity contribution is -0.147. The highest BCUT2D eigenvalue weighted by atomic mass is 31.2. The summed E-state index contributed by atoms with van der Waals surface area (Å²) in [6, 6.07) is 0. The molecule has 45 heavy (non-hydrogen) atoms. The van der Waals surface area contributed by atoms with Crippen LogP contribution in [-0.2, 0) is 27.9 Å². The largest absolute Gasteiger partial charge is 0.472 e. The number of hydrogen-bond acceptors (Lipinski definition) is 7. The van der Waals surface area contributed by atoms with Gasteiger partial charge < -0.3 is 20.1 Å². The molecule has 0 bridgehead atoms. The van der Waals surface area contributed by atoms with E-state index in [1.54, 1.807) is 0 Å². The fourth-order valence-corrected chi connectivity index (χ4v) is 5.66. The maximum atomic E-state index is 12.0. The van der Waals surface area contributed by atoms with E-state index in [1.165, 1.54) is 103 Å². The summed E-state index contributed by atoms with van der Waals surface area (Å²) in [5.74, 6) is -0.525. The minimum atomic E-state index is -4.40. The standard InChI is InChI=1S/C35H68NO8P/c1-3-5-7-9-11-12-13-14-15-16-17-18-19-20-22-24-26-28-35(39)42-31-33(37)32-44-45(40,41)43-30-29-36-34(38)27-25-23-21-10-8-6-4-2/h14-15,33,37H,3-13,16-32H2,1-2H3,(H,36,38)(H,40,41)/b15-14-. The van der Waals surface area contributed by atoms with Gasteiger partial charge in [0.05, 0.1) is 13.2 Å². The van der Waals surface area contributed by atoms with Crippen LogP contribution in [0.1, 0.15) is 168 Å². The SMILES string of the molecule is CCCCCCCC/C=C\CCCCCCCCCC(=O)OCC(O)COP(=O)(O)OCCNC(=O)CCCCCCCCC. The first-order valence-corrected chi connectivity index (χ1v) is 19.7. The number of phosphoric ester groups is 1. The summed E-state index contributed by atoms with van der Waals surface area (Å²) in [6.45, 7) is 3.49. The topological polar surface area (TPSA) is 131 Å². The zero-order valence-electron chi connectivity index (χ0n) is 28.8. The van der Waals surface area contributed by atoms with E-state index in [4.69, 9.17) is 13.8 Å². The Hall–Kier alpha value is -1.25. The predicted molar refractivity (Wildman–Crippen MR) is 183 cm³/mol. The Bertz CT molecular complexity index is 764. The van der Waals surface area contributed by atoms with Crippen LogP contribution in [0.4, 0.5) is 0 Å². The van der Waals surface area contributed by atoms with Gasteiger partial charge in [0.1, 0.15) is 12.7 Å². The number of amides is 1. The fourth-order valence-electron chi connectivity index (χ4n) is 4.90. The zero-order chi connectivity index (χ0) is 33.3. The second kappa shape index (κ2) is 32.7. The van der Waals surface area contributed by atoms with Crippen molar-refractivity contribution in [3.05, 3.63) is 12.2 Å². The molecule has 0 aliphatic heterocycles. The third kappa shape index (κ3) is 33.9. The van der Waals surface area contributed by atoms with E-state index in [1.807, 2.05) is 0 Å². The molecule has 0 fully saturated rings. The van der Waals surface area contributed by atoms with Crippen molar-refractivity contribution < 1.29 is 37.9 Å². The smallest absolute Gasteiger partial charge is 0.463 e. The predicted octanol–water partition coefficient (Wildman–Crippen LogP) is 9.10. The summed E-state index contributed by atoms with van der Waals surface area (Å²) >= 11 is 0. The molecule has 0 saturated carbocycles. The molecule has 0 aliphatic rings. The number of rotatable bonds is 34. The quantitative estimate of drug-likeness (QED) is 0.0269. The molecule has 0 spiro atoms. The van der Waals surface area contributed by atoms with Gasteiger partial charge in [0.2, 0.25) is 5.91 Å². The molecule has 266 valence electrons. The Balaban J connectivity index is 3.61. The van der Waals surface area contributed by atoms with E-state index in [0.717, 1.165) is 38.5 Å². The van der Waals surface area contributed by atoms with Crippen LogP contribution in [0.2, 0.25) is 0 Å². The molecule has 0 aromatic rings. The fraction of sp³-hybridized carbons (Fsp3) is 0.886. The molecule has 2 unspecified atom stereocenters. The summed E-state index contributed by atoms with van der Waals surface area (Å²) < 4.78 is 26.6. The number of phosphoric acid groups is 1. The van der Waals surface area contributed by atoms with Crippen LogP contribution in [-0.4, -0.2) is 54.3 Å². The maximum absolute atomic E-state index is 12.0. The molecule has 3 N–H and O–H groups in total. The summed E-state index contributed by atoms with van der Waals surface area (Å²) in [7, 11) is -4.40. The molecule has 0 aromatic carbocycles. The molecule has 0 rings (SSSR count). The number of hydrogen-bond donors (Lipinski definition) is 3. The van der Waals surface area contributed by atoms with E-state index < -0.39 is 26.5 Å². The van der Waals surface area contributed by atoms with Crippen molar-refractivity contribution in [2.75, 3.05) is 26.4 Å². The molecule has 0 radical (unpaired) electrons.